The van der Waals surface area contributed by atoms with Crippen LogP contribution in [0.1, 0.15) is 62.0 Å². The monoisotopic (exact) mass is 658 g/mol. The maximum absolute atomic E-state index is 3.79. The molecule has 0 saturated heterocycles. The summed E-state index contributed by atoms with van der Waals surface area (Å²) < 4.78 is 2.46. The molecule has 7 aromatic rings. The van der Waals surface area contributed by atoms with E-state index in [1.165, 1.54) is 92.2 Å². The van der Waals surface area contributed by atoms with Gasteiger partial charge < -0.3 is 9.47 Å². The lowest BCUT2D eigenvalue weighted by molar-refractivity contribution is 0.357. The molecule has 248 valence electrons. The van der Waals surface area contributed by atoms with Gasteiger partial charge in [-0.15, -0.1) is 0 Å². The molecule has 1 saturated carbocycles. The van der Waals surface area contributed by atoms with E-state index in [0.29, 0.717) is 23.8 Å². The first kappa shape index (κ1) is 30.3. The highest BCUT2D eigenvalue weighted by atomic mass is 15.2. The summed E-state index contributed by atoms with van der Waals surface area (Å²) in [6.07, 6.45) is 6.12. The standard InChI is InChI=1S/C49H42N2/c1-33-22-27-47-45(28-33)44-26-24-39(32-49(44)51(47)41-19-11-17-37(30-41)35-14-6-3-7-15-35)38-23-25-43-42-20-8-9-21-46(42)50(48(43)31-38)40-18-10-16-36(29-40)34-12-4-2-5-13-34/h2-10,12-16,18,20-21,23-26,29,31-33,37,41,45,47H,11,17,19,28,30H2,1H3/t33-,37?,41?,45?,47?/m1/s1. The normalized spacial score (nSPS) is 22.4. The van der Waals surface area contributed by atoms with E-state index in [4.69, 9.17) is 0 Å². The Kier molecular flexibility index (Phi) is 7.35. The second kappa shape index (κ2) is 12.4. The van der Waals surface area contributed by atoms with Gasteiger partial charge in [0.25, 0.3) is 0 Å². The Labute approximate surface area is 301 Å². The minimum absolute atomic E-state index is 0.271. The minimum Gasteiger partial charge on any atom is -0.354 e. The van der Waals surface area contributed by atoms with Crippen molar-refractivity contribution in [2.24, 2.45) is 5.92 Å². The number of hydrogen-bond acceptors (Lipinski definition) is 1. The fourth-order valence-corrected chi connectivity index (χ4v) is 9.62. The smallest absolute Gasteiger partial charge is 0.0976 e. The number of rotatable bonds is 5. The van der Waals surface area contributed by atoms with Crippen LogP contribution in [0.3, 0.4) is 0 Å². The number of hydrogen-bond donors (Lipinski definition) is 0. The van der Waals surface area contributed by atoms with Crippen LogP contribution < -0.4 is 4.90 Å². The van der Waals surface area contributed by atoms with Crippen LogP contribution >= 0.6 is 0 Å². The first-order valence-electron chi connectivity index (χ1n) is 18.9. The summed E-state index contributed by atoms with van der Waals surface area (Å²) in [5, 5.41) is 2.57. The molecule has 0 radical (unpaired) electrons. The lowest BCUT2D eigenvalue weighted by Gasteiger charge is -2.40. The van der Waals surface area contributed by atoms with Crippen LogP contribution in [-0.2, 0) is 0 Å². The SMILES string of the molecule is C[C@@H]1C#CC2C(C1)c1ccc(-c3ccc4c5ccccc5n(-c5cccc(-c6ccccc6)c5)c4c3)cc1N2C1CCCC(c2ccccc2)C1. The highest BCUT2D eigenvalue weighted by Crippen LogP contribution is 2.50. The summed E-state index contributed by atoms with van der Waals surface area (Å²) in [5.74, 6) is 8.93. The number of fused-ring (bicyclic) bond motifs is 6. The average Bonchev–Trinajstić information content (AvgIpc) is 3.70. The summed E-state index contributed by atoms with van der Waals surface area (Å²) >= 11 is 0. The first-order valence-corrected chi connectivity index (χ1v) is 18.9. The molecule has 10 rings (SSSR count). The maximum atomic E-state index is 3.79. The summed E-state index contributed by atoms with van der Waals surface area (Å²) in [5.41, 5.74) is 13.1. The van der Waals surface area contributed by atoms with Crippen LogP contribution in [-0.4, -0.2) is 16.7 Å². The number of para-hydroxylation sites is 1. The fourth-order valence-electron chi connectivity index (χ4n) is 9.62. The molecule has 1 aromatic heterocycles. The number of nitrogens with zero attached hydrogens (tertiary/aromatic N) is 2. The fraction of sp³-hybridized carbons (Fsp3) is 0.224. The Bertz CT molecular complexity index is 2460. The predicted octanol–water partition coefficient (Wildman–Crippen LogP) is 12.2. The summed E-state index contributed by atoms with van der Waals surface area (Å²) in [6, 6.07) is 54.9. The van der Waals surface area contributed by atoms with E-state index in [9.17, 15) is 0 Å². The van der Waals surface area contributed by atoms with E-state index in [-0.39, 0.29) is 6.04 Å². The Morgan fingerprint density at radius 2 is 1.29 bits per heavy atom. The molecule has 0 amide bonds. The lowest BCUT2D eigenvalue weighted by atomic mass is 9.79. The van der Waals surface area contributed by atoms with Gasteiger partial charge in [-0.25, -0.2) is 0 Å². The summed E-state index contributed by atoms with van der Waals surface area (Å²) in [4.78, 5) is 2.78. The van der Waals surface area contributed by atoms with Crippen LogP contribution in [0.15, 0.2) is 146 Å². The van der Waals surface area contributed by atoms with Gasteiger partial charge in [0.2, 0.25) is 0 Å². The second-order valence-electron chi connectivity index (χ2n) is 15.1. The average molecular weight is 659 g/mol. The molecule has 4 unspecified atom stereocenters. The van der Waals surface area contributed by atoms with Crippen molar-refractivity contribution < 1.29 is 0 Å². The highest BCUT2D eigenvalue weighted by molar-refractivity contribution is 6.10. The zero-order valence-electron chi connectivity index (χ0n) is 29.2. The topological polar surface area (TPSA) is 8.17 Å². The molecule has 51 heavy (non-hydrogen) atoms. The van der Waals surface area contributed by atoms with Gasteiger partial charge in [0.15, 0.2) is 0 Å². The van der Waals surface area contributed by atoms with E-state index in [0.717, 1.165) is 6.42 Å². The number of aromatic nitrogens is 1. The zero-order valence-corrected chi connectivity index (χ0v) is 29.2. The number of benzene rings is 6. The molecule has 0 spiro atoms. The van der Waals surface area contributed by atoms with Crippen LogP contribution in [0, 0.1) is 17.8 Å². The third-order valence-electron chi connectivity index (χ3n) is 12.0. The minimum atomic E-state index is 0.271. The molecule has 5 atom stereocenters. The summed E-state index contributed by atoms with van der Waals surface area (Å²) in [7, 11) is 0. The molecule has 3 aliphatic rings. The zero-order chi connectivity index (χ0) is 33.9. The third-order valence-corrected chi connectivity index (χ3v) is 12.0. The van der Waals surface area contributed by atoms with Gasteiger partial charge in [0.1, 0.15) is 0 Å². The Balaban J connectivity index is 1.08. The van der Waals surface area contributed by atoms with Gasteiger partial charge in [0, 0.05) is 40.0 Å². The van der Waals surface area contributed by atoms with E-state index < -0.39 is 0 Å². The molecule has 0 N–H and O–H groups in total. The van der Waals surface area contributed by atoms with Gasteiger partial charge in [-0.05, 0) is 95.3 Å². The Morgan fingerprint density at radius 1 is 0.569 bits per heavy atom. The van der Waals surface area contributed by atoms with E-state index in [2.05, 4.69) is 174 Å². The quantitative estimate of drug-likeness (QED) is 0.167. The molecular weight excluding hydrogens is 617 g/mol. The van der Waals surface area contributed by atoms with Crippen LogP contribution in [0.2, 0.25) is 0 Å². The van der Waals surface area contributed by atoms with Crippen molar-refractivity contribution >= 4 is 27.5 Å². The van der Waals surface area contributed by atoms with E-state index in [1.54, 1.807) is 0 Å². The van der Waals surface area contributed by atoms with Crippen molar-refractivity contribution in [1.82, 2.24) is 4.57 Å². The van der Waals surface area contributed by atoms with Gasteiger partial charge in [-0.1, -0.05) is 140 Å². The molecule has 6 aromatic carbocycles. The van der Waals surface area contributed by atoms with E-state index in [1.807, 2.05) is 0 Å². The molecule has 2 heteroatoms. The second-order valence-corrected chi connectivity index (χ2v) is 15.1. The van der Waals surface area contributed by atoms with E-state index >= 15 is 0 Å². The van der Waals surface area contributed by atoms with Crippen molar-refractivity contribution in [2.75, 3.05) is 4.90 Å². The van der Waals surface area contributed by atoms with Gasteiger partial charge in [-0.2, -0.15) is 0 Å². The molecule has 2 aliphatic carbocycles. The molecule has 0 bridgehead atoms. The Hall–Kier alpha value is -5.52. The van der Waals surface area contributed by atoms with Crippen molar-refractivity contribution in [2.45, 2.75) is 62.9 Å². The van der Waals surface area contributed by atoms with Crippen molar-refractivity contribution in [1.29, 1.82) is 0 Å². The van der Waals surface area contributed by atoms with Crippen LogP contribution in [0.25, 0.3) is 49.7 Å². The van der Waals surface area contributed by atoms with Gasteiger partial charge >= 0.3 is 0 Å². The Morgan fingerprint density at radius 3 is 2.18 bits per heavy atom. The molecule has 1 fully saturated rings. The highest BCUT2D eigenvalue weighted by Gasteiger charge is 2.44. The molecular formula is C49H42N2. The summed E-state index contributed by atoms with van der Waals surface area (Å²) in [6.45, 7) is 2.30. The number of anilines is 1. The van der Waals surface area contributed by atoms with Crippen molar-refractivity contribution in [3.63, 3.8) is 0 Å². The van der Waals surface area contributed by atoms with Gasteiger partial charge in [0.05, 0.1) is 17.1 Å². The lowest BCUT2D eigenvalue weighted by Crippen LogP contribution is -2.44. The van der Waals surface area contributed by atoms with Crippen molar-refractivity contribution in [3.8, 4) is 39.8 Å². The molecule has 2 heterocycles. The van der Waals surface area contributed by atoms with Crippen LogP contribution in [0.5, 0.6) is 0 Å². The predicted molar refractivity (Wildman–Crippen MR) is 214 cm³/mol. The van der Waals surface area contributed by atoms with Crippen LogP contribution in [0.4, 0.5) is 5.69 Å². The largest absolute Gasteiger partial charge is 0.354 e. The van der Waals surface area contributed by atoms with Gasteiger partial charge in [-0.3, -0.25) is 0 Å². The first-order chi connectivity index (χ1) is 25.2. The maximum Gasteiger partial charge on any atom is 0.0976 e. The molecule has 1 aliphatic heterocycles. The van der Waals surface area contributed by atoms with Crippen molar-refractivity contribution in [3.05, 3.63) is 157 Å². The molecule has 2 nitrogen and oxygen atoms in total. The third kappa shape index (κ3) is 5.18.